The predicted octanol–water partition coefficient (Wildman–Crippen LogP) is 1.47. The molecule has 1 aromatic heterocycles. The third-order valence-electron chi connectivity index (χ3n) is 3.34. The molecule has 0 aliphatic heterocycles. The Hall–Kier alpha value is -2.50. The minimum absolute atomic E-state index is 0.105. The highest BCUT2D eigenvalue weighted by Crippen LogP contribution is 2.22. The van der Waals surface area contributed by atoms with Crippen molar-refractivity contribution in [1.29, 1.82) is 0 Å². The van der Waals surface area contributed by atoms with Crippen LogP contribution in [0, 0.1) is 5.92 Å². The highest BCUT2D eigenvalue weighted by Gasteiger charge is 2.21. The minimum atomic E-state index is -0.288. The van der Waals surface area contributed by atoms with Gasteiger partial charge in [0.25, 0.3) is 5.91 Å². The summed E-state index contributed by atoms with van der Waals surface area (Å²) in [5.74, 6) is -0.418. The van der Waals surface area contributed by atoms with Crippen molar-refractivity contribution in [3.63, 3.8) is 0 Å². The fourth-order valence-corrected chi connectivity index (χ4v) is 2.18. The summed E-state index contributed by atoms with van der Waals surface area (Å²) in [4.78, 5) is 25.3. The monoisotopic (exact) mass is 289 g/mol. The van der Waals surface area contributed by atoms with Crippen molar-refractivity contribution in [3.8, 4) is 0 Å². The van der Waals surface area contributed by atoms with Gasteiger partial charge < -0.3 is 20.4 Å². The molecule has 6 heteroatoms. The third-order valence-corrected chi connectivity index (χ3v) is 3.34. The molecule has 0 aliphatic rings. The number of anilines is 1. The molecule has 0 spiro atoms. The second-order valence-corrected chi connectivity index (χ2v) is 5.11. The number of nitrogens with two attached hydrogens (primary N) is 1. The first kappa shape index (κ1) is 14.9. The number of rotatable bonds is 4. The smallest absolute Gasteiger partial charge is 0.289 e. The molecule has 1 heterocycles. The van der Waals surface area contributed by atoms with Crippen LogP contribution in [0.2, 0.25) is 0 Å². The van der Waals surface area contributed by atoms with E-state index in [0.717, 1.165) is 5.39 Å². The SMILES string of the molecule is CNC(=O)C(C)CN(C)C(=O)c1cc2cc(N)ccc2o1. The van der Waals surface area contributed by atoms with E-state index in [-0.39, 0.29) is 23.5 Å². The fourth-order valence-electron chi connectivity index (χ4n) is 2.18. The predicted molar refractivity (Wildman–Crippen MR) is 80.8 cm³/mol. The van der Waals surface area contributed by atoms with Crippen LogP contribution in [-0.4, -0.2) is 37.4 Å². The van der Waals surface area contributed by atoms with Crippen molar-refractivity contribution in [1.82, 2.24) is 10.2 Å². The van der Waals surface area contributed by atoms with E-state index in [2.05, 4.69) is 5.32 Å². The van der Waals surface area contributed by atoms with Gasteiger partial charge in [0.15, 0.2) is 5.76 Å². The minimum Gasteiger partial charge on any atom is -0.451 e. The summed E-state index contributed by atoms with van der Waals surface area (Å²) in [6, 6.07) is 6.86. The Labute approximate surface area is 122 Å². The number of hydrogen-bond acceptors (Lipinski definition) is 4. The van der Waals surface area contributed by atoms with E-state index in [9.17, 15) is 9.59 Å². The molecule has 0 bridgehead atoms. The molecule has 0 fully saturated rings. The summed E-state index contributed by atoms with van der Waals surface area (Å²) < 4.78 is 5.53. The Balaban J connectivity index is 2.15. The number of benzene rings is 1. The van der Waals surface area contributed by atoms with E-state index >= 15 is 0 Å². The van der Waals surface area contributed by atoms with Gasteiger partial charge >= 0.3 is 0 Å². The number of carbonyl (C=O) groups excluding carboxylic acids is 2. The van der Waals surface area contributed by atoms with E-state index in [0.29, 0.717) is 17.8 Å². The van der Waals surface area contributed by atoms with Crippen molar-refractivity contribution in [2.45, 2.75) is 6.92 Å². The van der Waals surface area contributed by atoms with Gasteiger partial charge in [-0.3, -0.25) is 9.59 Å². The van der Waals surface area contributed by atoms with E-state index in [1.165, 1.54) is 4.90 Å². The van der Waals surface area contributed by atoms with Gasteiger partial charge in [0, 0.05) is 31.7 Å². The molecule has 2 rings (SSSR count). The number of amides is 2. The number of furan rings is 1. The molecule has 0 saturated heterocycles. The third kappa shape index (κ3) is 3.16. The topological polar surface area (TPSA) is 88.6 Å². The fraction of sp³-hybridized carbons (Fsp3) is 0.333. The Morgan fingerprint density at radius 3 is 2.76 bits per heavy atom. The van der Waals surface area contributed by atoms with E-state index in [4.69, 9.17) is 10.2 Å². The molecule has 1 atom stereocenters. The molecule has 6 nitrogen and oxygen atoms in total. The Morgan fingerprint density at radius 2 is 2.10 bits per heavy atom. The Bertz CT molecular complexity index is 678. The Kier molecular flexibility index (Phi) is 4.16. The number of carbonyl (C=O) groups is 2. The summed E-state index contributed by atoms with van der Waals surface area (Å²) in [5, 5.41) is 3.35. The standard InChI is InChI=1S/C15H19N3O3/c1-9(14(19)17-2)8-18(3)15(20)13-7-10-6-11(16)4-5-12(10)21-13/h4-7,9H,8,16H2,1-3H3,(H,17,19). The molecule has 0 radical (unpaired) electrons. The maximum atomic E-state index is 12.3. The first-order valence-corrected chi connectivity index (χ1v) is 6.68. The average Bonchev–Trinajstić information content (AvgIpc) is 2.88. The van der Waals surface area contributed by atoms with Crippen LogP contribution in [0.3, 0.4) is 0 Å². The van der Waals surface area contributed by atoms with Crippen LogP contribution in [0.1, 0.15) is 17.5 Å². The zero-order valence-electron chi connectivity index (χ0n) is 12.3. The summed E-state index contributed by atoms with van der Waals surface area (Å²) in [5.41, 5.74) is 6.93. The molecule has 1 unspecified atom stereocenters. The van der Waals surface area contributed by atoms with Crippen LogP contribution in [-0.2, 0) is 4.79 Å². The number of hydrogen-bond donors (Lipinski definition) is 2. The molecule has 2 aromatic rings. The lowest BCUT2D eigenvalue weighted by Gasteiger charge is -2.19. The van der Waals surface area contributed by atoms with Crippen LogP contribution in [0.5, 0.6) is 0 Å². The lowest BCUT2D eigenvalue weighted by atomic mass is 10.1. The van der Waals surface area contributed by atoms with E-state index in [1.54, 1.807) is 45.3 Å². The maximum Gasteiger partial charge on any atom is 0.289 e. The van der Waals surface area contributed by atoms with Gasteiger partial charge in [-0.05, 0) is 24.3 Å². The van der Waals surface area contributed by atoms with Crippen LogP contribution in [0.4, 0.5) is 5.69 Å². The largest absolute Gasteiger partial charge is 0.451 e. The summed E-state index contributed by atoms with van der Waals surface area (Å²) >= 11 is 0. The summed E-state index contributed by atoms with van der Waals surface area (Å²) in [7, 11) is 3.22. The van der Waals surface area contributed by atoms with Gasteiger partial charge in [-0.1, -0.05) is 6.92 Å². The van der Waals surface area contributed by atoms with Crippen LogP contribution in [0.25, 0.3) is 11.0 Å². The highest BCUT2D eigenvalue weighted by atomic mass is 16.3. The van der Waals surface area contributed by atoms with Gasteiger partial charge in [-0.15, -0.1) is 0 Å². The van der Waals surface area contributed by atoms with E-state index in [1.807, 2.05) is 0 Å². The second kappa shape index (κ2) is 5.87. The molecular weight excluding hydrogens is 270 g/mol. The molecule has 1 aromatic carbocycles. The number of nitrogen functional groups attached to an aromatic ring is 1. The van der Waals surface area contributed by atoms with Gasteiger partial charge in [0.2, 0.25) is 5.91 Å². The zero-order valence-corrected chi connectivity index (χ0v) is 12.3. The zero-order chi connectivity index (χ0) is 15.6. The summed E-state index contributed by atoms with van der Waals surface area (Å²) in [6.45, 7) is 2.08. The molecule has 0 saturated carbocycles. The van der Waals surface area contributed by atoms with Crippen LogP contribution >= 0.6 is 0 Å². The van der Waals surface area contributed by atoms with Gasteiger partial charge in [0.1, 0.15) is 5.58 Å². The maximum absolute atomic E-state index is 12.3. The van der Waals surface area contributed by atoms with Gasteiger partial charge in [0.05, 0.1) is 5.92 Å². The van der Waals surface area contributed by atoms with Crippen LogP contribution in [0.15, 0.2) is 28.7 Å². The molecule has 3 N–H and O–H groups in total. The number of nitrogens with zero attached hydrogens (tertiary/aromatic N) is 1. The first-order chi connectivity index (χ1) is 9.92. The quantitative estimate of drug-likeness (QED) is 0.834. The van der Waals surface area contributed by atoms with Crippen LogP contribution < -0.4 is 11.1 Å². The highest BCUT2D eigenvalue weighted by molar-refractivity contribution is 5.96. The van der Waals surface area contributed by atoms with Crippen molar-refractivity contribution >= 4 is 28.5 Å². The Morgan fingerprint density at radius 1 is 1.38 bits per heavy atom. The number of fused-ring (bicyclic) bond motifs is 1. The molecular formula is C15H19N3O3. The normalized spacial score (nSPS) is 12.1. The molecule has 21 heavy (non-hydrogen) atoms. The average molecular weight is 289 g/mol. The summed E-state index contributed by atoms with van der Waals surface area (Å²) in [6.07, 6.45) is 0. The lowest BCUT2D eigenvalue weighted by molar-refractivity contribution is -0.124. The lowest BCUT2D eigenvalue weighted by Crippen LogP contribution is -2.37. The van der Waals surface area contributed by atoms with Crippen molar-refractivity contribution in [2.75, 3.05) is 26.4 Å². The van der Waals surface area contributed by atoms with Crippen molar-refractivity contribution in [3.05, 3.63) is 30.0 Å². The molecule has 2 amide bonds. The second-order valence-electron chi connectivity index (χ2n) is 5.11. The van der Waals surface area contributed by atoms with Crippen molar-refractivity contribution in [2.24, 2.45) is 5.92 Å². The number of nitrogens with one attached hydrogen (secondary N) is 1. The van der Waals surface area contributed by atoms with Crippen molar-refractivity contribution < 1.29 is 14.0 Å². The van der Waals surface area contributed by atoms with Gasteiger partial charge in [-0.25, -0.2) is 0 Å². The molecule has 112 valence electrons. The van der Waals surface area contributed by atoms with E-state index < -0.39 is 0 Å². The van der Waals surface area contributed by atoms with Gasteiger partial charge in [-0.2, -0.15) is 0 Å². The molecule has 0 aliphatic carbocycles. The first-order valence-electron chi connectivity index (χ1n) is 6.68.